The van der Waals surface area contributed by atoms with E-state index in [-0.39, 0.29) is 35.5 Å². The van der Waals surface area contributed by atoms with Gasteiger partial charge in [0.05, 0.1) is 17.5 Å². The average Bonchev–Trinajstić information content (AvgIpc) is 3.26. The van der Waals surface area contributed by atoms with Gasteiger partial charge in [-0.3, -0.25) is 14.5 Å². The number of amides is 2. The van der Waals surface area contributed by atoms with Crippen molar-refractivity contribution in [3.05, 3.63) is 53.6 Å². The zero-order valence-electron chi connectivity index (χ0n) is 14.0. The molecule has 1 aromatic rings. The Morgan fingerprint density at radius 2 is 1.33 bits per heavy atom. The number of allylic oxidation sites excluding steroid dienone is 4. The number of hydrogen-bond acceptors (Lipinski definition) is 2. The summed E-state index contributed by atoms with van der Waals surface area (Å²) in [6.07, 6.45) is 5.77. The lowest BCUT2D eigenvalue weighted by Gasteiger charge is -2.38. The van der Waals surface area contributed by atoms with Gasteiger partial charge in [-0.15, -0.1) is 0 Å². The minimum Gasteiger partial charge on any atom is -0.274 e. The number of carbonyl (C=O) groups excluding carboxylic acids is 2. The highest BCUT2D eigenvalue weighted by Crippen LogP contribution is 2.58. The smallest absolute Gasteiger partial charge is 0.238 e. The molecule has 122 valence electrons. The molecule has 6 atom stereocenters. The normalized spacial score (nSPS) is 39.7. The van der Waals surface area contributed by atoms with Crippen molar-refractivity contribution in [2.45, 2.75) is 20.3 Å². The lowest BCUT2D eigenvalue weighted by molar-refractivity contribution is -0.122. The van der Waals surface area contributed by atoms with Crippen LogP contribution in [0.3, 0.4) is 0 Å². The van der Waals surface area contributed by atoms with Crippen LogP contribution in [-0.2, 0) is 9.59 Å². The van der Waals surface area contributed by atoms with Gasteiger partial charge in [-0.1, -0.05) is 55.3 Å². The summed E-state index contributed by atoms with van der Waals surface area (Å²) in [6.45, 7) is 4.32. The van der Waals surface area contributed by atoms with E-state index < -0.39 is 0 Å². The van der Waals surface area contributed by atoms with E-state index >= 15 is 0 Å². The summed E-state index contributed by atoms with van der Waals surface area (Å²) in [7, 11) is 0. The molecule has 1 fully saturated rings. The highest BCUT2D eigenvalue weighted by atomic mass is 16.2. The maximum Gasteiger partial charge on any atom is 0.238 e. The number of para-hydroxylation sites is 1. The molecule has 2 amide bonds. The van der Waals surface area contributed by atoms with Crippen LogP contribution in [-0.4, -0.2) is 11.8 Å². The number of imide groups is 1. The van der Waals surface area contributed by atoms with Gasteiger partial charge < -0.3 is 0 Å². The van der Waals surface area contributed by atoms with E-state index in [0.717, 1.165) is 6.42 Å². The van der Waals surface area contributed by atoms with Gasteiger partial charge in [0.15, 0.2) is 0 Å². The second kappa shape index (κ2) is 4.69. The predicted molar refractivity (Wildman–Crippen MR) is 92.0 cm³/mol. The fourth-order valence-corrected chi connectivity index (χ4v) is 5.77. The van der Waals surface area contributed by atoms with Crippen molar-refractivity contribution in [1.29, 1.82) is 0 Å². The Bertz CT molecular complexity index is 760. The third kappa shape index (κ3) is 1.58. The van der Waals surface area contributed by atoms with Gasteiger partial charge in [0.25, 0.3) is 0 Å². The van der Waals surface area contributed by atoms with E-state index in [4.69, 9.17) is 0 Å². The summed E-state index contributed by atoms with van der Waals surface area (Å²) in [6, 6.07) is 9.39. The van der Waals surface area contributed by atoms with E-state index in [1.807, 2.05) is 30.3 Å². The maximum atomic E-state index is 13.2. The van der Waals surface area contributed by atoms with Gasteiger partial charge in [-0.25, -0.2) is 0 Å². The van der Waals surface area contributed by atoms with Crippen LogP contribution in [0.5, 0.6) is 0 Å². The minimum absolute atomic E-state index is 0.00569. The Labute approximate surface area is 142 Å². The van der Waals surface area contributed by atoms with Crippen molar-refractivity contribution in [3.8, 4) is 0 Å². The Balaban J connectivity index is 1.60. The molecule has 5 rings (SSSR count). The molecule has 3 nitrogen and oxygen atoms in total. The first kappa shape index (κ1) is 14.2. The summed E-state index contributed by atoms with van der Waals surface area (Å²) in [5.41, 5.74) is 3.64. The summed E-state index contributed by atoms with van der Waals surface area (Å²) in [5, 5.41) is 0. The number of benzene rings is 1. The van der Waals surface area contributed by atoms with Crippen molar-refractivity contribution in [2.75, 3.05) is 4.90 Å². The number of carbonyl (C=O) groups is 2. The minimum atomic E-state index is -0.195. The molecular weight excluding hydrogens is 298 g/mol. The number of rotatable bonds is 1. The summed E-state index contributed by atoms with van der Waals surface area (Å²) >= 11 is 0. The molecule has 1 saturated heterocycles. The average molecular weight is 319 g/mol. The third-order valence-electron chi connectivity index (χ3n) is 6.69. The highest BCUT2D eigenvalue weighted by Gasteiger charge is 2.59. The third-order valence-corrected chi connectivity index (χ3v) is 6.69. The quantitative estimate of drug-likeness (QED) is 0.586. The summed E-state index contributed by atoms with van der Waals surface area (Å²) < 4.78 is 0. The fourth-order valence-electron chi connectivity index (χ4n) is 5.77. The highest BCUT2D eigenvalue weighted by molar-refractivity contribution is 6.22. The molecule has 0 spiro atoms. The summed E-state index contributed by atoms with van der Waals surface area (Å²) in [4.78, 5) is 27.8. The maximum absolute atomic E-state index is 13.2. The number of hydrogen-bond donors (Lipinski definition) is 0. The van der Waals surface area contributed by atoms with Gasteiger partial charge in [-0.05, 0) is 42.2 Å². The molecule has 3 heteroatoms. The first-order valence-corrected chi connectivity index (χ1v) is 8.94. The molecule has 1 aliphatic heterocycles. The van der Waals surface area contributed by atoms with Gasteiger partial charge in [0, 0.05) is 0 Å². The van der Waals surface area contributed by atoms with E-state index in [1.54, 1.807) is 0 Å². The van der Waals surface area contributed by atoms with E-state index in [1.165, 1.54) is 16.0 Å². The van der Waals surface area contributed by atoms with E-state index in [9.17, 15) is 9.59 Å². The second-order valence-electron chi connectivity index (χ2n) is 7.72. The molecule has 0 N–H and O–H groups in total. The molecule has 0 radical (unpaired) electrons. The van der Waals surface area contributed by atoms with Gasteiger partial charge in [0.2, 0.25) is 11.8 Å². The molecule has 1 heterocycles. The fraction of sp³-hybridized carbons (Fsp3) is 0.429. The number of fused-ring (bicyclic) bond motifs is 5. The molecule has 24 heavy (non-hydrogen) atoms. The first-order chi connectivity index (χ1) is 11.6. The molecule has 0 aromatic heterocycles. The van der Waals surface area contributed by atoms with E-state index in [2.05, 4.69) is 26.0 Å². The van der Waals surface area contributed by atoms with Crippen LogP contribution in [0.1, 0.15) is 20.3 Å². The SMILES string of the molecule is CC1C2=C(C3C=CC2C3)C(C)C2C(=O)N(c3ccccc3)C(=O)C12. The van der Waals surface area contributed by atoms with Crippen LogP contribution >= 0.6 is 0 Å². The predicted octanol–water partition coefficient (Wildman–Crippen LogP) is 3.58. The Hall–Kier alpha value is -2.16. The van der Waals surface area contributed by atoms with Crippen LogP contribution in [0.2, 0.25) is 0 Å². The number of nitrogens with zero attached hydrogens (tertiary/aromatic N) is 1. The molecule has 2 bridgehead atoms. The molecule has 6 unspecified atom stereocenters. The Kier molecular flexibility index (Phi) is 2.77. The number of anilines is 1. The first-order valence-electron chi connectivity index (χ1n) is 8.94. The monoisotopic (exact) mass is 319 g/mol. The molecule has 1 aromatic carbocycles. The standard InChI is InChI=1S/C21H21NO2/c1-11-16-13-8-9-14(10-13)17(16)12(2)19-18(11)20(23)22(21(19)24)15-6-4-3-5-7-15/h3-9,11-14,18-19H,10H2,1-2H3. The van der Waals surface area contributed by atoms with Crippen molar-refractivity contribution in [1.82, 2.24) is 0 Å². The van der Waals surface area contributed by atoms with Crippen LogP contribution in [0, 0.1) is 35.5 Å². The molecular formula is C21H21NO2. The van der Waals surface area contributed by atoms with Gasteiger partial charge in [0.1, 0.15) is 0 Å². The molecule has 4 aliphatic rings. The van der Waals surface area contributed by atoms with Crippen molar-refractivity contribution in [2.24, 2.45) is 35.5 Å². The van der Waals surface area contributed by atoms with Crippen molar-refractivity contribution in [3.63, 3.8) is 0 Å². The van der Waals surface area contributed by atoms with Crippen LogP contribution < -0.4 is 4.90 Å². The zero-order chi connectivity index (χ0) is 16.6. The van der Waals surface area contributed by atoms with Gasteiger partial charge >= 0.3 is 0 Å². The van der Waals surface area contributed by atoms with Crippen molar-refractivity contribution >= 4 is 17.5 Å². The van der Waals surface area contributed by atoms with Crippen LogP contribution in [0.25, 0.3) is 0 Å². The topological polar surface area (TPSA) is 37.4 Å². The van der Waals surface area contributed by atoms with Crippen LogP contribution in [0.4, 0.5) is 5.69 Å². The van der Waals surface area contributed by atoms with Crippen molar-refractivity contribution < 1.29 is 9.59 Å². The Morgan fingerprint density at radius 3 is 1.83 bits per heavy atom. The van der Waals surface area contributed by atoms with E-state index in [0.29, 0.717) is 17.5 Å². The Morgan fingerprint density at radius 1 is 0.833 bits per heavy atom. The van der Waals surface area contributed by atoms with Gasteiger partial charge in [-0.2, -0.15) is 0 Å². The largest absolute Gasteiger partial charge is 0.274 e. The zero-order valence-corrected chi connectivity index (χ0v) is 14.0. The molecule has 0 saturated carbocycles. The van der Waals surface area contributed by atoms with Crippen LogP contribution in [0.15, 0.2) is 53.6 Å². The lowest BCUT2D eigenvalue weighted by atomic mass is 9.63. The summed E-state index contributed by atoms with van der Waals surface area (Å²) in [5.74, 6) is 0.938. The lowest BCUT2D eigenvalue weighted by Crippen LogP contribution is -2.37. The molecule has 3 aliphatic carbocycles. The second-order valence-corrected chi connectivity index (χ2v) is 7.72.